The fraction of sp³-hybridized carbons (Fsp3) is 0.667. The minimum absolute atomic E-state index is 0.00750. The van der Waals surface area contributed by atoms with Crippen molar-refractivity contribution in [3.63, 3.8) is 0 Å². The molecule has 0 aliphatic heterocycles. The number of carbonyl (C=O) groups excluding carboxylic acids is 1. The molecule has 0 saturated carbocycles. The van der Waals surface area contributed by atoms with E-state index in [-0.39, 0.29) is 5.91 Å². The summed E-state index contributed by atoms with van der Waals surface area (Å²) in [5.41, 5.74) is 0.706. The van der Waals surface area contributed by atoms with Crippen LogP contribution in [0.2, 0.25) is 0 Å². The van der Waals surface area contributed by atoms with Gasteiger partial charge in [-0.05, 0) is 31.4 Å². The van der Waals surface area contributed by atoms with Crippen molar-refractivity contribution in [3.05, 3.63) is 23.9 Å². The van der Waals surface area contributed by atoms with Crippen LogP contribution in [-0.2, 0) is 0 Å². The number of hydrogen-bond donors (Lipinski definition) is 1. The minimum atomic E-state index is 0.00750. The first-order valence-electron chi connectivity index (χ1n) is 8.72. The van der Waals surface area contributed by atoms with Crippen LogP contribution in [0.4, 0.5) is 5.82 Å². The Morgan fingerprint density at radius 3 is 2.45 bits per heavy atom. The minimum Gasteiger partial charge on any atom is -0.357 e. The number of amides is 1. The van der Waals surface area contributed by atoms with E-state index in [2.05, 4.69) is 36.0 Å². The number of rotatable bonds is 11. The largest absolute Gasteiger partial charge is 0.357 e. The zero-order valence-corrected chi connectivity index (χ0v) is 14.4. The van der Waals surface area contributed by atoms with Gasteiger partial charge in [0.2, 0.25) is 0 Å². The van der Waals surface area contributed by atoms with Crippen molar-refractivity contribution in [1.29, 1.82) is 0 Å². The molecule has 22 heavy (non-hydrogen) atoms. The van der Waals surface area contributed by atoms with Crippen molar-refractivity contribution in [1.82, 2.24) is 10.3 Å². The van der Waals surface area contributed by atoms with E-state index in [1.807, 2.05) is 6.07 Å². The van der Waals surface area contributed by atoms with Gasteiger partial charge in [0.1, 0.15) is 5.82 Å². The van der Waals surface area contributed by atoms with Crippen molar-refractivity contribution in [2.75, 3.05) is 24.5 Å². The Balaban J connectivity index is 2.59. The second kappa shape index (κ2) is 11.0. The number of carbonyl (C=O) groups is 1. The third-order valence-corrected chi connectivity index (χ3v) is 3.63. The summed E-state index contributed by atoms with van der Waals surface area (Å²) in [6.45, 7) is 9.22. The lowest BCUT2D eigenvalue weighted by atomic mass is 10.2. The number of nitrogens with one attached hydrogen (secondary N) is 1. The topological polar surface area (TPSA) is 45.2 Å². The van der Waals surface area contributed by atoms with Gasteiger partial charge in [0.15, 0.2) is 0 Å². The van der Waals surface area contributed by atoms with Crippen molar-refractivity contribution in [2.24, 2.45) is 0 Å². The lowest BCUT2D eigenvalue weighted by molar-refractivity contribution is 0.0953. The van der Waals surface area contributed by atoms with E-state index in [1.54, 1.807) is 12.3 Å². The van der Waals surface area contributed by atoms with Crippen LogP contribution in [-0.4, -0.2) is 30.5 Å². The molecule has 0 fully saturated rings. The molecule has 124 valence electrons. The highest BCUT2D eigenvalue weighted by atomic mass is 16.1. The molecule has 0 unspecified atom stereocenters. The highest BCUT2D eigenvalue weighted by molar-refractivity contribution is 5.94. The predicted octanol–water partition coefficient (Wildman–Crippen LogP) is 4.02. The second-order valence-corrected chi connectivity index (χ2v) is 5.71. The summed E-state index contributed by atoms with van der Waals surface area (Å²) in [4.78, 5) is 18.9. The number of unbranched alkanes of at least 4 members (excludes halogenated alkanes) is 3. The van der Waals surface area contributed by atoms with E-state index in [1.165, 1.54) is 19.3 Å². The molecule has 4 nitrogen and oxygen atoms in total. The van der Waals surface area contributed by atoms with Crippen molar-refractivity contribution in [3.8, 4) is 0 Å². The monoisotopic (exact) mass is 305 g/mol. The first kappa shape index (κ1) is 18.5. The van der Waals surface area contributed by atoms with Crippen molar-refractivity contribution in [2.45, 2.75) is 59.3 Å². The second-order valence-electron chi connectivity index (χ2n) is 5.71. The maximum Gasteiger partial charge on any atom is 0.251 e. The lowest BCUT2D eigenvalue weighted by Crippen LogP contribution is -2.27. The molecule has 1 aromatic rings. The normalized spacial score (nSPS) is 10.5. The van der Waals surface area contributed by atoms with Gasteiger partial charge >= 0.3 is 0 Å². The molecule has 0 aliphatic rings. The SMILES string of the molecule is CCCCCCNC(=O)c1ccnc(N(CCC)CCC)c1. The predicted molar refractivity (Wildman–Crippen MR) is 93.5 cm³/mol. The highest BCUT2D eigenvalue weighted by Gasteiger charge is 2.10. The van der Waals surface area contributed by atoms with Crippen LogP contribution in [0.5, 0.6) is 0 Å². The van der Waals surface area contributed by atoms with Crippen LogP contribution in [0.15, 0.2) is 18.3 Å². The van der Waals surface area contributed by atoms with Gasteiger partial charge in [0.25, 0.3) is 5.91 Å². The summed E-state index contributed by atoms with van der Waals surface area (Å²) < 4.78 is 0. The standard InChI is InChI=1S/C18H31N3O/c1-4-7-8-9-11-20-18(22)16-10-12-19-17(15-16)21(13-5-2)14-6-3/h10,12,15H,4-9,11,13-14H2,1-3H3,(H,20,22). The number of pyridine rings is 1. The molecule has 4 heteroatoms. The Labute approximate surface area is 135 Å². The molecule has 1 rings (SSSR count). The molecule has 0 atom stereocenters. The third kappa shape index (κ3) is 6.46. The lowest BCUT2D eigenvalue weighted by Gasteiger charge is -2.22. The summed E-state index contributed by atoms with van der Waals surface area (Å²) in [5, 5.41) is 3.00. The molecule has 0 saturated heterocycles. The van der Waals surface area contributed by atoms with E-state index in [0.29, 0.717) is 5.56 Å². The molecule has 0 aliphatic carbocycles. The zero-order chi connectivity index (χ0) is 16.2. The molecule has 0 bridgehead atoms. The maximum atomic E-state index is 12.2. The Kier molecular flexibility index (Phi) is 9.28. The third-order valence-electron chi connectivity index (χ3n) is 3.63. The van der Waals surface area contributed by atoms with E-state index in [0.717, 1.165) is 44.7 Å². The summed E-state index contributed by atoms with van der Waals surface area (Å²) in [7, 11) is 0. The Hall–Kier alpha value is -1.58. The fourth-order valence-corrected chi connectivity index (χ4v) is 2.47. The Morgan fingerprint density at radius 1 is 1.09 bits per heavy atom. The van der Waals surface area contributed by atoms with Gasteiger partial charge in [-0.3, -0.25) is 4.79 Å². The fourth-order valence-electron chi connectivity index (χ4n) is 2.47. The van der Waals surface area contributed by atoms with Crippen LogP contribution in [0.1, 0.15) is 69.7 Å². The molecule has 1 amide bonds. The van der Waals surface area contributed by atoms with Crippen LogP contribution in [0.25, 0.3) is 0 Å². The highest BCUT2D eigenvalue weighted by Crippen LogP contribution is 2.14. The van der Waals surface area contributed by atoms with Gasteiger partial charge in [0.05, 0.1) is 0 Å². The van der Waals surface area contributed by atoms with Crippen LogP contribution in [0.3, 0.4) is 0 Å². The molecule has 0 spiro atoms. The van der Waals surface area contributed by atoms with Gasteiger partial charge in [-0.2, -0.15) is 0 Å². The summed E-state index contributed by atoms with van der Waals surface area (Å²) in [6, 6.07) is 3.70. The molecular formula is C18H31N3O. The van der Waals surface area contributed by atoms with Gasteiger partial charge in [0, 0.05) is 31.4 Å². The van der Waals surface area contributed by atoms with E-state index < -0.39 is 0 Å². The Bertz CT molecular complexity index is 428. The van der Waals surface area contributed by atoms with Crippen molar-refractivity contribution < 1.29 is 4.79 Å². The Morgan fingerprint density at radius 2 is 1.82 bits per heavy atom. The van der Waals surface area contributed by atoms with E-state index in [9.17, 15) is 4.79 Å². The van der Waals surface area contributed by atoms with Gasteiger partial charge in [-0.15, -0.1) is 0 Å². The van der Waals surface area contributed by atoms with E-state index in [4.69, 9.17) is 0 Å². The first-order chi connectivity index (χ1) is 10.7. The van der Waals surface area contributed by atoms with Crippen LogP contribution >= 0.6 is 0 Å². The molecular weight excluding hydrogens is 274 g/mol. The average molecular weight is 305 g/mol. The number of anilines is 1. The molecule has 1 N–H and O–H groups in total. The van der Waals surface area contributed by atoms with Crippen LogP contribution in [0, 0.1) is 0 Å². The summed E-state index contributed by atoms with van der Waals surface area (Å²) in [6.07, 6.45) is 8.57. The number of hydrogen-bond acceptors (Lipinski definition) is 3. The molecule has 0 aromatic carbocycles. The quantitative estimate of drug-likeness (QED) is 0.628. The molecule has 0 radical (unpaired) electrons. The maximum absolute atomic E-state index is 12.2. The average Bonchev–Trinajstić information content (AvgIpc) is 2.54. The number of nitrogens with zero attached hydrogens (tertiary/aromatic N) is 2. The summed E-state index contributed by atoms with van der Waals surface area (Å²) in [5.74, 6) is 0.912. The molecule has 1 aromatic heterocycles. The molecule has 1 heterocycles. The summed E-state index contributed by atoms with van der Waals surface area (Å²) >= 11 is 0. The van der Waals surface area contributed by atoms with Gasteiger partial charge in [-0.1, -0.05) is 40.0 Å². The smallest absolute Gasteiger partial charge is 0.251 e. The first-order valence-corrected chi connectivity index (χ1v) is 8.72. The number of aromatic nitrogens is 1. The zero-order valence-electron chi connectivity index (χ0n) is 14.4. The van der Waals surface area contributed by atoms with E-state index >= 15 is 0 Å². The van der Waals surface area contributed by atoms with Crippen LogP contribution < -0.4 is 10.2 Å². The van der Waals surface area contributed by atoms with Crippen molar-refractivity contribution >= 4 is 11.7 Å². The van der Waals surface area contributed by atoms with Gasteiger partial charge in [-0.25, -0.2) is 4.98 Å². The van der Waals surface area contributed by atoms with Gasteiger partial charge < -0.3 is 10.2 Å².